The second kappa shape index (κ2) is 15.7. The van der Waals surface area contributed by atoms with Crippen molar-refractivity contribution in [1.29, 1.82) is 0 Å². The van der Waals surface area contributed by atoms with Crippen molar-refractivity contribution >= 4 is 22.1 Å². The van der Waals surface area contributed by atoms with Crippen LogP contribution in [0.4, 0.5) is 0 Å². The zero-order valence-electron chi connectivity index (χ0n) is 27.2. The summed E-state index contributed by atoms with van der Waals surface area (Å²) in [5.41, 5.74) is 1.41. The number of aliphatic hydroxyl groups is 2. The molecule has 0 amide bonds. The summed E-state index contributed by atoms with van der Waals surface area (Å²) < 4.78 is 40.4. The molecule has 0 aromatic heterocycles. The molecule has 0 aliphatic carbocycles. The van der Waals surface area contributed by atoms with Crippen molar-refractivity contribution in [2.45, 2.75) is 82.2 Å². The Bertz CT molecular complexity index is 1330. The third-order valence-corrected chi connectivity index (χ3v) is 11.0. The van der Waals surface area contributed by atoms with Gasteiger partial charge in [-0.15, -0.1) is 0 Å². The van der Waals surface area contributed by atoms with Crippen LogP contribution in [0.15, 0.2) is 59.3 Å². The number of benzene rings is 1. The summed E-state index contributed by atoms with van der Waals surface area (Å²) in [4.78, 5) is 17.5. The minimum Gasteiger partial charge on any atom is -0.472 e. The highest BCUT2D eigenvalue weighted by Crippen LogP contribution is 2.28. The van der Waals surface area contributed by atoms with Crippen molar-refractivity contribution in [3.63, 3.8) is 0 Å². The topological polar surface area (TPSA) is 120 Å². The highest BCUT2D eigenvalue weighted by Gasteiger charge is 2.30. The molecule has 0 radical (unpaired) electrons. The second-order valence-electron chi connectivity index (χ2n) is 12.9. The van der Waals surface area contributed by atoms with Crippen LogP contribution in [0, 0.1) is 11.8 Å². The number of ether oxygens (including phenoxy) is 2. The van der Waals surface area contributed by atoms with E-state index in [-0.39, 0.29) is 42.3 Å². The number of carbonyl (C=O) groups excluding carboxylic acids is 1. The van der Waals surface area contributed by atoms with Gasteiger partial charge in [0, 0.05) is 45.2 Å². The van der Waals surface area contributed by atoms with Crippen molar-refractivity contribution in [3.8, 4) is 0 Å². The molecule has 1 aromatic carbocycles. The molecule has 0 spiro atoms. The standard InChI is InChI=1S/C34H51N3O7S/c1-24-9-11-30(39)23-33(40)44-34(25(2)10-12-32(24)43-27(4)36-19-17-35(5)18-20-36)26(3)21-28-7-6-8-31(22-28)45(41,42)37-15-13-29(38)14-16-37/h6-8,10,12,21-22,24-25,29-30,32,34,38-39H,4,9,11,13-20,23H2,1-3,5H3/b12-10+,26-21+/t24?,25?,30?,32-,34-/m0/s1. The molecule has 11 heteroatoms. The molecule has 10 nitrogen and oxygen atoms in total. The number of piperidine rings is 1. The average molecular weight is 646 g/mol. The molecule has 2 saturated heterocycles. The maximum Gasteiger partial charge on any atom is 0.309 e. The van der Waals surface area contributed by atoms with E-state index in [0.717, 1.165) is 31.8 Å². The van der Waals surface area contributed by atoms with Gasteiger partial charge in [0.25, 0.3) is 0 Å². The lowest BCUT2D eigenvalue weighted by atomic mass is 9.91. The van der Waals surface area contributed by atoms with E-state index < -0.39 is 34.3 Å². The third-order valence-electron chi connectivity index (χ3n) is 9.15. The normalized spacial score (nSPS) is 29.7. The van der Waals surface area contributed by atoms with Crippen LogP contribution in [0.1, 0.15) is 58.4 Å². The number of hydrogen-bond acceptors (Lipinski definition) is 9. The van der Waals surface area contributed by atoms with Crippen molar-refractivity contribution < 1.29 is 32.9 Å². The predicted octanol–water partition coefficient (Wildman–Crippen LogP) is 3.62. The molecule has 250 valence electrons. The molecule has 0 saturated carbocycles. The molecule has 5 atom stereocenters. The number of aliphatic hydroxyl groups excluding tert-OH is 2. The Hall–Kier alpha value is -2.70. The SMILES string of the molecule is C=C(O[C@H]1/C=C/C(C)[C@@H](/C(C)=C/c2cccc(S(=O)(=O)N3CCC(O)CC3)c2)OC(=O)CC(O)CCC1C)N1CCN(C)CC1. The maximum absolute atomic E-state index is 13.3. The molecule has 0 bridgehead atoms. The van der Waals surface area contributed by atoms with Crippen LogP contribution in [0.25, 0.3) is 6.08 Å². The van der Waals surface area contributed by atoms with Crippen molar-refractivity contribution in [1.82, 2.24) is 14.1 Å². The first kappa shape index (κ1) is 35.2. The fourth-order valence-electron chi connectivity index (χ4n) is 6.08. The number of sulfonamides is 1. The molecule has 3 aliphatic heterocycles. The summed E-state index contributed by atoms with van der Waals surface area (Å²) in [6, 6.07) is 6.72. The number of nitrogens with zero attached hydrogens (tertiary/aromatic N) is 3. The number of rotatable bonds is 7. The van der Waals surface area contributed by atoms with Crippen molar-refractivity contribution in [3.05, 3.63) is 60.0 Å². The van der Waals surface area contributed by atoms with Crippen LogP contribution >= 0.6 is 0 Å². The fraction of sp³-hybridized carbons (Fsp3) is 0.618. The van der Waals surface area contributed by atoms with Crippen LogP contribution < -0.4 is 0 Å². The lowest BCUT2D eigenvalue weighted by molar-refractivity contribution is -0.151. The molecular formula is C34H51N3O7S. The summed E-state index contributed by atoms with van der Waals surface area (Å²) in [5, 5.41) is 20.5. The fourth-order valence-corrected chi connectivity index (χ4v) is 7.60. The van der Waals surface area contributed by atoms with Gasteiger partial charge in [0.15, 0.2) is 5.88 Å². The highest BCUT2D eigenvalue weighted by molar-refractivity contribution is 7.89. The van der Waals surface area contributed by atoms with E-state index in [0.29, 0.717) is 37.1 Å². The maximum atomic E-state index is 13.3. The van der Waals surface area contributed by atoms with Crippen LogP contribution in [0.3, 0.4) is 0 Å². The Kier molecular flexibility index (Phi) is 12.3. The van der Waals surface area contributed by atoms with E-state index in [1.165, 1.54) is 4.31 Å². The average Bonchev–Trinajstić information content (AvgIpc) is 3.00. The Labute approximate surface area is 269 Å². The van der Waals surface area contributed by atoms with Gasteiger partial charge in [-0.05, 0) is 81.5 Å². The zero-order chi connectivity index (χ0) is 32.7. The van der Waals surface area contributed by atoms with Gasteiger partial charge in [0.2, 0.25) is 10.0 Å². The van der Waals surface area contributed by atoms with E-state index in [4.69, 9.17) is 9.47 Å². The second-order valence-corrected chi connectivity index (χ2v) is 14.9. The first-order chi connectivity index (χ1) is 21.3. The van der Waals surface area contributed by atoms with E-state index >= 15 is 0 Å². The Morgan fingerprint density at radius 3 is 2.38 bits per heavy atom. The third kappa shape index (κ3) is 9.65. The van der Waals surface area contributed by atoms with Gasteiger partial charge in [-0.3, -0.25) is 4.79 Å². The van der Waals surface area contributed by atoms with Crippen LogP contribution in [0.2, 0.25) is 0 Å². The molecular weight excluding hydrogens is 594 g/mol. The van der Waals surface area contributed by atoms with Gasteiger partial charge in [0.1, 0.15) is 12.2 Å². The van der Waals surface area contributed by atoms with Gasteiger partial charge < -0.3 is 29.5 Å². The number of esters is 1. The van der Waals surface area contributed by atoms with Gasteiger partial charge in [-0.1, -0.05) is 38.1 Å². The first-order valence-corrected chi connectivity index (χ1v) is 17.6. The molecule has 2 N–H and O–H groups in total. The molecule has 1 aromatic rings. The summed E-state index contributed by atoms with van der Waals surface area (Å²) in [5.74, 6) is 0.00229. The van der Waals surface area contributed by atoms with E-state index in [9.17, 15) is 23.4 Å². The van der Waals surface area contributed by atoms with E-state index in [1.54, 1.807) is 18.2 Å². The summed E-state index contributed by atoms with van der Waals surface area (Å²) in [6.45, 7) is 14.3. The number of carbonyl (C=O) groups is 1. The molecule has 45 heavy (non-hydrogen) atoms. The zero-order valence-corrected chi connectivity index (χ0v) is 28.0. The number of cyclic esters (lactones) is 1. The lowest BCUT2D eigenvalue weighted by Gasteiger charge is -2.36. The lowest BCUT2D eigenvalue weighted by Crippen LogP contribution is -2.44. The van der Waals surface area contributed by atoms with Gasteiger partial charge in [-0.2, -0.15) is 4.31 Å². The summed E-state index contributed by atoms with van der Waals surface area (Å²) in [7, 11) is -1.61. The van der Waals surface area contributed by atoms with Crippen LogP contribution in [0.5, 0.6) is 0 Å². The number of likely N-dealkylation sites (N-methyl/N-ethyl adjacent to an activating group) is 1. The van der Waals surface area contributed by atoms with Gasteiger partial charge in [0.05, 0.1) is 23.5 Å². The van der Waals surface area contributed by atoms with Crippen molar-refractivity contribution in [2.75, 3.05) is 46.3 Å². The summed E-state index contributed by atoms with van der Waals surface area (Å²) in [6.07, 6.45) is 5.50. The Balaban J connectivity index is 1.56. The van der Waals surface area contributed by atoms with Gasteiger partial charge >= 0.3 is 5.97 Å². The van der Waals surface area contributed by atoms with Crippen LogP contribution in [-0.2, 0) is 24.3 Å². The highest BCUT2D eigenvalue weighted by atomic mass is 32.2. The summed E-state index contributed by atoms with van der Waals surface area (Å²) >= 11 is 0. The minimum atomic E-state index is -3.71. The molecule has 4 rings (SSSR count). The van der Waals surface area contributed by atoms with E-state index in [1.807, 2.05) is 38.1 Å². The largest absolute Gasteiger partial charge is 0.472 e. The molecule has 2 fully saturated rings. The molecule has 3 aliphatic rings. The minimum absolute atomic E-state index is 0.0747. The quantitative estimate of drug-likeness (QED) is 0.260. The Morgan fingerprint density at radius 1 is 1.00 bits per heavy atom. The van der Waals surface area contributed by atoms with Crippen molar-refractivity contribution in [2.24, 2.45) is 11.8 Å². The Morgan fingerprint density at radius 2 is 1.69 bits per heavy atom. The smallest absolute Gasteiger partial charge is 0.309 e. The van der Waals surface area contributed by atoms with Crippen LogP contribution in [-0.4, -0.2) is 109 Å². The van der Waals surface area contributed by atoms with Gasteiger partial charge in [-0.25, -0.2) is 8.42 Å². The number of hydrogen-bond donors (Lipinski definition) is 2. The number of piperazine rings is 1. The molecule has 3 heterocycles. The molecule has 3 unspecified atom stereocenters. The first-order valence-electron chi connectivity index (χ1n) is 16.1. The van der Waals surface area contributed by atoms with E-state index in [2.05, 4.69) is 30.4 Å². The predicted molar refractivity (Wildman–Crippen MR) is 174 cm³/mol. The monoisotopic (exact) mass is 645 g/mol.